The fourth-order valence-corrected chi connectivity index (χ4v) is 2.56. The number of ether oxygens (including phenoxy) is 1. The molecule has 0 aliphatic rings. The van der Waals surface area contributed by atoms with Crippen molar-refractivity contribution < 1.29 is 9.53 Å². The standard InChI is InChI=1S/C18H14ClNO2/c1-22-17-7-3-2-6-14(17)18(21)15-12-13(19)8-9-16(15)20-10-4-5-11-20/h2-12H,1H3. The molecule has 0 spiro atoms. The molecule has 0 atom stereocenters. The van der Waals surface area contributed by atoms with Crippen LogP contribution in [0.2, 0.25) is 5.02 Å². The van der Waals surface area contributed by atoms with Crippen molar-refractivity contribution in [2.24, 2.45) is 0 Å². The number of carbonyl (C=O) groups excluding carboxylic acids is 1. The predicted octanol–water partition coefficient (Wildman–Crippen LogP) is 4.37. The summed E-state index contributed by atoms with van der Waals surface area (Å²) in [4.78, 5) is 12.9. The van der Waals surface area contributed by atoms with Crippen LogP contribution in [0.25, 0.3) is 5.69 Å². The fraction of sp³-hybridized carbons (Fsp3) is 0.0556. The third-order valence-electron chi connectivity index (χ3n) is 3.44. The van der Waals surface area contributed by atoms with Crippen molar-refractivity contribution in [3.05, 3.63) is 83.1 Å². The highest BCUT2D eigenvalue weighted by Gasteiger charge is 2.18. The Hall–Kier alpha value is -2.52. The molecular weight excluding hydrogens is 298 g/mol. The van der Waals surface area contributed by atoms with Crippen LogP contribution in [0.3, 0.4) is 0 Å². The van der Waals surface area contributed by atoms with Crippen LogP contribution in [0.4, 0.5) is 0 Å². The van der Waals surface area contributed by atoms with Crippen LogP contribution in [-0.2, 0) is 0 Å². The van der Waals surface area contributed by atoms with Crippen LogP contribution >= 0.6 is 11.6 Å². The topological polar surface area (TPSA) is 31.2 Å². The molecule has 0 N–H and O–H groups in total. The van der Waals surface area contributed by atoms with Gasteiger partial charge in [-0.25, -0.2) is 0 Å². The van der Waals surface area contributed by atoms with Gasteiger partial charge in [-0.2, -0.15) is 0 Å². The molecule has 0 bridgehead atoms. The van der Waals surface area contributed by atoms with Gasteiger partial charge < -0.3 is 9.30 Å². The van der Waals surface area contributed by atoms with E-state index in [1.165, 1.54) is 0 Å². The monoisotopic (exact) mass is 311 g/mol. The normalized spacial score (nSPS) is 10.5. The van der Waals surface area contributed by atoms with E-state index in [0.29, 0.717) is 21.9 Å². The Bertz CT molecular complexity index is 810. The quantitative estimate of drug-likeness (QED) is 0.670. The van der Waals surface area contributed by atoms with Gasteiger partial charge in [0, 0.05) is 23.0 Å². The van der Waals surface area contributed by atoms with Gasteiger partial charge in [0.15, 0.2) is 5.78 Å². The maximum Gasteiger partial charge on any atom is 0.198 e. The van der Waals surface area contributed by atoms with Crippen LogP contribution in [0.15, 0.2) is 67.0 Å². The molecule has 3 aromatic rings. The molecule has 1 aromatic heterocycles. The van der Waals surface area contributed by atoms with Crippen LogP contribution < -0.4 is 4.74 Å². The number of halogens is 1. The van der Waals surface area contributed by atoms with Gasteiger partial charge in [0.2, 0.25) is 0 Å². The zero-order valence-electron chi connectivity index (χ0n) is 12.0. The van der Waals surface area contributed by atoms with Gasteiger partial charge in [0.25, 0.3) is 0 Å². The van der Waals surface area contributed by atoms with Crippen molar-refractivity contribution in [2.45, 2.75) is 0 Å². The van der Waals surface area contributed by atoms with Gasteiger partial charge in [0.05, 0.1) is 18.4 Å². The molecule has 0 saturated heterocycles. The smallest absolute Gasteiger partial charge is 0.198 e. The Morgan fingerprint density at radius 3 is 2.45 bits per heavy atom. The van der Waals surface area contributed by atoms with E-state index < -0.39 is 0 Å². The van der Waals surface area contributed by atoms with Crippen LogP contribution in [-0.4, -0.2) is 17.5 Å². The molecule has 0 aliphatic carbocycles. The number of para-hydroxylation sites is 1. The molecule has 0 saturated carbocycles. The maximum atomic E-state index is 12.9. The lowest BCUT2D eigenvalue weighted by molar-refractivity contribution is 0.103. The first-order valence-electron chi connectivity index (χ1n) is 6.81. The van der Waals surface area contributed by atoms with E-state index in [4.69, 9.17) is 16.3 Å². The summed E-state index contributed by atoms with van der Waals surface area (Å²) < 4.78 is 7.18. The Labute approximate surface area is 133 Å². The maximum absolute atomic E-state index is 12.9. The summed E-state index contributed by atoms with van der Waals surface area (Å²) >= 11 is 6.09. The first-order valence-corrected chi connectivity index (χ1v) is 7.19. The SMILES string of the molecule is COc1ccccc1C(=O)c1cc(Cl)ccc1-n1cccc1. The van der Waals surface area contributed by atoms with Crippen LogP contribution in [0, 0.1) is 0 Å². The van der Waals surface area contributed by atoms with E-state index in [-0.39, 0.29) is 5.78 Å². The molecule has 0 fully saturated rings. The minimum atomic E-state index is -0.122. The summed E-state index contributed by atoms with van der Waals surface area (Å²) in [6.07, 6.45) is 3.78. The van der Waals surface area contributed by atoms with Crippen molar-refractivity contribution >= 4 is 17.4 Å². The van der Waals surface area contributed by atoms with Crippen molar-refractivity contribution in [3.8, 4) is 11.4 Å². The van der Waals surface area contributed by atoms with E-state index in [2.05, 4.69) is 0 Å². The zero-order valence-corrected chi connectivity index (χ0v) is 12.7. The van der Waals surface area contributed by atoms with Gasteiger partial charge in [0.1, 0.15) is 5.75 Å². The first-order chi connectivity index (χ1) is 10.7. The number of benzene rings is 2. The summed E-state index contributed by atoms with van der Waals surface area (Å²) in [5, 5.41) is 0.522. The van der Waals surface area contributed by atoms with Gasteiger partial charge in [-0.15, -0.1) is 0 Å². The molecule has 22 heavy (non-hydrogen) atoms. The lowest BCUT2D eigenvalue weighted by Crippen LogP contribution is -2.08. The van der Waals surface area contributed by atoms with Crippen molar-refractivity contribution in [1.82, 2.24) is 4.57 Å². The number of nitrogens with zero attached hydrogens (tertiary/aromatic N) is 1. The lowest BCUT2D eigenvalue weighted by Gasteiger charge is -2.12. The molecule has 4 heteroatoms. The Morgan fingerprint density at radius 1 is 1.00 bits per heavy atom. The number of rotatable bonds is 4. The minimum Gasteiger partial charge on any atom is -0.496 e. The molecule has 2 aromatic carbocycles. The second-order valence-electron chi connectivity index (χ2n) is 4.78. The average molecular weight is 312 g/mol. The summed E-state index contributed by atoms with van der Waals surface area (Å²) in [7, 11) is 1.55. The Morgan fingerprint density at radius 2 is 1.73 bits per heavy atom. The molecule has 0 amide bonds. The van der Waals surface area contributed by atoms with Gasteiger partial charge in [-0.3, -0.25) is 4.79 Å². The molecular formula is C18H14ClNO2. The largest absolute Gasteiger partial charge is 0.496 e. The van der Waals surface area contributed by atoms with Crippen molar-refractivity contribution in [1.29, 1.82) is 0 Å². The van der Waals surface area contributed by atoms with Crippen molar-refractivity contribution in [3.63, 3.8) is 0 Å². The number of hydrogen-bond acceptors (Lipinski definition) is 2. The Kier molecular flexibility index (Phi) is 3.98. The third kappa shape index (κ3) is 2.63. The molecule has 0 unspecified atom stereocenters. The van der Waals surface area contributed by atoms with E-state index in [0.717, 1.165) is 5.69 Å². The second kappa shape index (κ2) is 6.08. The number of ketones is 1. The fourth-order valence-electron chi connectivity index (χ4n) is 2.39. The van der Waals surface area contributed by atoms with Gasteiger partial charge >= 0.3 is 0 Å². The van der Waals surface area contributed by atoms with Crippen LogP contribution in [0.5, 0.6) is 5.75 Å². The number of methoxy groups -OCH3 is 1. The number of carbonyl (C=O) groups is 1. The molecule has 110 valence electrons. The average Bonchev–Trinajstić information content (AvgIpc) is 3.08. The van der Waals surface area contributed by atoms with Crippen molar-refractivity contribution in [2.75, 3.05) is 7.11 Å². The summed E-state index contributed by atoms with van der Waals surface area (Å²) in [6, 6.07) is 16.3. The zero-order chi connectivity index (χ0) is 15.5. The van der Waals surface area contributed by atoms with Crippen LogP contribution in [0.1, 0.15) is 15.9 Å². The molecule has 0 radical (unpaired) electrons. The van der Waals surface area contributed by atoms with Gasteiger partial charge in [-0.1, -0.05) is 23.7 Å². The molecule has 3 nitrogen and oxygen atoms in total. The summed E-state index contributed by atoms with van der Waals surface area (Å²) in [6.45, 7) is 0. The lowest BCUT2D eigenvalue weighted by atomic mass is 10.0. The predicted molar refractivity (Wildman–Crippen MR) is 87.2 cm³/mol. The Balaban J connectivity index is 2.15. The first kappa shape index (κ1) is 14.4. The number of hydrogen-bond donors (Lipinski definition) is 0. The third-order valence-corrected chi connectivity index (χ3v) is 3.67. The molecule has 0 aliphatic heterocycles. The highest BCUT2D eigenvalue weighted by molar-refractivity contribution is 6.31. The molecule has 3 rings (SSSR count). The van der Waals surface area contributed by atoms with Gasteiger partial charge in [-0.05, 0) is 42.5 Å². The molecule has 1 heterocycles. The van der Waals surface area contributed by atoms with E-state index in [1.54, 1.807) is 31.4 Å². The highest BCUT2D eigenvalue weighted by atomic mass is 35.5. The number of aromatic nitrogens is 1. The second-order valence-corrected chi connectivity index (χ2v) is 5.22. The highest BCUT2D eigenvalue weighted by Crippen LogP contribution is 2.26. The minimum absolute atomic E-state index is 0.122. The van der Waals surface area contributed by atoms with E-state index >= 15 is 0 Å². The summed E-state index contributed by atoms with van der Waals surface area (Å²) in [5.41, 5.74) is 1.83. The summed E-state index contributed by atoms with van der Waals surface area (Å²) in [5.74, 6) is 0.426. The van der Waals surface area contributed by atoms with E-state index in [9.17, 15) is 4.79 Å². The van der Waals surface area contributed by atoms with E-state index in [1.807, 2.05) is 47.3 Å².